The number of amides is 1. The zero-order chi connectivity index (χ0) is 15.1. The van der Waals surface area contributed by atoms with E-state index in [2.05, 4.69) is 27.7 Å². The van der Waals surface area contributed by atoms with Crippen LogP contribution >= 0.6 is 0 Å². The molecule has 0 aliphatic carbocycles. The summed E-state index contributed by atoms with van der Waals surface area (Å²) in [7, 11) is 0. The first-order chi connectivity index (χ1) is 9.43. The number of hydrogen-bond donors (Lipinski definition) is 0. The third-order valence-electron chi connectivity index (χ3n) is 3.68. The summed E-state index contributed by atoms with van der Waals surface area (Å²) < 4.78 is 0. The highest BCUT2D eigenvalue weighted by Crippen LogP contribution is 2.16. The highest BCUT2D eigenvalue weighted by Gasteiger charge is 2.26. The second-order valence-electron chi connectivity index (χ2n) is 6.76. The molecule has 4 nitrogen and oxygen atoms in total. The Balaban J connectivity index is 2.61. The molecule has 0 saturated carbocycles. The van der Waals surface area contributed by atoms with Crippen LogP contribution in [-0.2, 0) is 9.59 Å². The van der Waals surface area contributed by atoms with Crippen LogP contribution in [0.4, 0.5) is 0 Å². The van der Waals surface area contributed by atoms with Gasteiger partial charge in [0.2, 0.25) is 5.91 Å². The van der Waals surface area contributed by atoms with Crippen LogP contribution in [0.3, 0.4) is 0 Å². The van der Waals surface area contributed by atoms with Crippen LogP contribution in [0.2, 0.25) is 0 Å². The van der Waals surface area contributed by atoms with Crippen LogP contribution in [0.25, 0.3) is 0 Å². The van der Waals surface area contributed by atoms with Crippen molar-refractivity contribution in [1.29, 1.82) is 0 Å². The van der Waals surface area contributed by atoms with Gasteiger partial charge in [0.25, 0.3) is 0 Å². The number of rotatable bonds is 7. The minimum atomic E-state index is -0.0624. The number of nitrogens with zero attached hydrogens (tertiary/aromatic N) is 2. The van der Waals surface area contributed by atoms with Crippen molar-refractivity contribution in [2.75, 3.05) is 26.2 Å². The number of likely N-dealkylation sites (tertiary alicyclic amines) is 1. The highest BCUT2D eigenvalue weighted by atomic mass is 16.2. The highest BCUT2D eigenvalue weighted by molar-refractivity contribution is 5.79. The molecular formula is C16H30N2O2. The molecular weight excluding hydrogens is 252 g/mol. The van der Waals surface area contributed by atoms with Crippen molar-refractivity contribution in [2.24, 2.45) is 11.8 Å². The molecule has 1 heterocycles. The largest absolute Gasteiger partial charge is 0.341 e. The maximum absolute atomic E-state index is 12.5. The second kappa shape index (κ2) is 8.40. The lowest BCUT2D eigenvalue weighted by molar-refractivity contribution is -0.135. The van der Waals surface area contributed by atoms with Crippen LogP contribution in [-0.4, -0.2) is 54.2 Å². The predicted octanol–water partition coefficient (Wildman–Crippen LogP) is 2.18. The monoisotopic (exact) mass is 282 g/mol. The molecule has 116 valence electrons. The van der Waals surface area contributed by atoms with Crippen molar-refractivity contribution in [3.63, 3.8) is 0 Å². The van der Waals surface area contributed by atoms with Crippen molar-refractivity contribution in [2.45, 2.75) is 53.0 Å². The number of carbonyl (C=O) groups excluding carboxylic acids is 2. The average Bonchev–Trinajstić information content (AvgIpc) is 2.37. The standard InChI is InChI=1S/C16H30N2O2/c1-13(2)9-18(10-14(3)4)16(20)11-17-8-6-5-7-15(17)12-19/h12-15H,5-11H2,1-4H3. The fourth-order valence-corrected chi connectivity index (χ4v) is 2.80. The van der Waals surface area contributed by atoms with E-state index in [1.54, 1.807) is 0 Å². The molecule has 0 bridgehead atoms. The molecule has 1 saturated heterocycles. The minimum Gasteiger partial charge on any atom is -0.341 e. The van der Waals surface area contributed by atoms with E-state index in [0.29, 0.717) is 18.4 Å². The Labute approximate surface area is 123 Å². The first-order valence-corrected chi connectivity index (χ1v) is 7.91. The van der Waals surface area contributed by atoms with E-state index in [1.165, 1.54) is 0 Å². The minimum absolute atomic E-state index is 0.0624. The summed E-state index contributed by atoms with van der Waals surface area (Å²) in [5, 5.41) is 0. The molecule has 0 aromatic heterocycles. The summed E-state index contributed by atoms with van der Waals surface area (Å²) in [6.45, 7) is 11.4. The maximum Gasteiger partial charge on any atom is 0.236 e. The molecule has 0 radical (unpaired) electrons. The lowest BCUT2D eigenvalue weighted by atomic mass is 10.0. The number of piperidine rings is 1. The molecule has 4 heteroatoms. The first-order valence-electron chi connectivity index (χ1n) is 7.91. The molecule has 0 aromatic rings. The quantitative estimate of drug-likeness (QED) is 0.672. The molecule has 1 rings (SSSR count). The average molecular weight is 282 g/mol. The SMILES string of the molecule is CC(C)CN(CC(C)C)C(=O)CN1CCCCC1C=O. The van der Waals surface area contributed by atoms with E-state index < -0.39 is 0 Å². The van der Waals surface area contributed by atoms with Crippen LogP contribution in [0.1, 0.15) is 47.0 Å². The van der Waals surface area contributed by atoms with Crippen LogP contribution in [0, 0.1) is 11.8 Å². The Morgan fingerprint density at radius 2 is 1.80 bits per heavy atom. The Bertz CT molecular complexity index is 306. The summed E-state index contributed by atoms with van der Waals surface area (Å²) in [6.07, 6.45) is 4.08. The third-order valence-corrected chi connectivity index (χ3v) is 3.68. The van der Waals surface area contributed by atoms with Crippen LogP contribution in [0.5, 0.6) is 0 Å². The molecule has 0 N–H and O–H groups in total. The summed E-state index contributed by atoms with van der Waals surface area (Å²) in [5.41, 5.74) is 0. The van der Waals surface area contributed by atoms with Crippen molar-refractivity contribution >= 4 is 12.2 Å². The van der Waals surface area contributed by atoms with Gasteiger partial charge in [-0.15, -0.1) is 0 Å². The van der Waals surface area contributed by atoms with Gasteiger partial charge in [-0.25, -0.2) is 0 Å². The zero-order valence-electron chi connectivity index (χ0n) is 13.5. The molecule has 1 atom stereocenters. The molecule has 20 heavy (non-hydrogen) atoms. The molecule has 0 aromatic carbocycles. The summed E-state index contributed by atoms with van der Waals surface area (Å²) in [6, 6.07) is -0.0624. The molecule has 1 amide bonds. The van der Waals surface area contributed by atoms with E-state index in [0.717, 1.165) is 45.2 Å². The van der Waals surface area contributed by atoms with Gasteiger partial charge in [0, 0.05) is 13.1 Å². The van der Waals surface area contributed by atoms with Gasteiger partial charge in [-0.1, -0.05) is 34.1 Å². The smallest absolute Gasteiger partial charge is 0.236 e. The van der Waals surface area contributed by atoms with E-state index in [-0.39, 0.29) is 11.9 Å². The number of aldehydes is 1. The normalized spacial score (nSPS) is 20.4. The molecule has 1 aliphatic rings. The Morgan fingerprint density at radius 3 is 2.30 bits per heavy atom. The van der Waals surface area contributed by atoms with Gasteiger partial charge in [0.1, 0.15) is 6.29 Å². The third kappa shape index (κ3) is 5.61. The predicted molar refractivity (Wildman–Crippen MR) is 81.5 cm³/mol. The molecule has 1 aliphatic heterocycles. The van der Waals surface area contributed by atoms with E-state index >= 15 is 0 Å². The fraction of sp³-hybridized carbons (Fsp3) is 0.875. The number of hydrogen-bond acceptors (Lipinski definition) is 3. The van der Waals surface area contributed by atoms with Gasteiger partial charge in [0.05, 0.1) is 12.6 Å². The summed E-state index contributed by atoms with van der Waals surface area (Å²) in [5.74, 6) is 1.11. The van der Waals surface area contributed by atoms with Crippen LogP contribution < -0.4 is 0 Å². The Hall–Kier alpha value is -0.900. The van der Waals surface area contributed by atoms with Gasteiger partial charge < -0.3 is 9.69 Å². The topological polar surface area (TPSA) is 40.6 Å². The van der Waals surface area contributed by atoms with Crippen molar-refractivity contribution in [3.8, 4) is 0 Å². The summed E-state index contributed by atoms with van der Waals surface area (Å²) in [4.78, 5) is 27.6. The lowest BCUT2D eigenvalue weighted by Gasteiger charge is -2.34. The Morgan fingerprint density at radius 1 is 1.20 bits per heavy atom. The first kappa shape index (κ1) is 17.2. The van der Waals surface area contributed by atoms with Crippen LogP contribution in [0.15, 0.2) is 0 Å². The maximum atomic E-state index is 12.5. The van der Waals surface area contributed by atoms with E-state index in [9.17, 15) is 9.59 Å². The molecule has 0 spiro atoms. The van der Waals surface area contributed by atoms with E-state index in [4.69, 9.17) is 0 Å². The van der Waals surface area contributed by atoms with Gasteiger partial charge >= 0.3 is 0 Å². The van der Waals surface area contributed by atoms with Gasteiger partial charge in [-0.3, -0.25) is 9.69 Å². The second-order valence-corrected chi connectivity index (χ2v) is 6.76. The van der Waals surface area contributed by atoms with Crippen molar-refractivity contribution in [1.82, 2.24) is 9.80 Å². The van der Waals surface area contributed by atoms with E-state index in [1.807, 2.05) is 9.80 Å². The number of carbonyl (C=O) groups is 2. The molecule has 1 fully saturated rings. The summed E-state index contributed by atoms with van der Waals surface area (Å²) >= 11 is 0. The zero-order valence-corrected chi connectivity index (χ0v) is 13.5. The fourth-order valence-electron chi connectivity index (χ4n) is 2.80. The van der Waals surface area contributed by atoms with Crippen molar-refractivity contribution in [3.05, 3.63) is 0 Å². The van der Waals surface area contributed by atoms with Gasteiger partial charge in [-0.2, -0.15) is 0 Å². The molecule has 1 unspecified atom stereocenters. The lowest BCUT2D eigenvalue weighted by Crippen LogP contribution is -2.48. The van der Waals surface area contributed by atoms with Gasteiger partial charge in [-0.05, 0) is 31.2 Å². The van der Waals surface area contributed by atoms with Crippen molar-refractivity contribution < 1.29 is 9.59 Å². The van der Waals surface area contributed by atoms with Gasteiger partial charge in [0.15, 0.2) is 0 Å². The Kier molecular flexibility index (Phi) is 7.20.